The number of benzene rings is 1. The average Bonchev–Trinajstić information content (AvgIpc) is 2.28. The average molecular weight is 236 g/mol. The van der Waals surface area contributed by atoms with Crippen LogP contribution in [0.3, 0.4) is 0 Å². The quantitative estimate of drug-likeness (QED) is 0.795. The monoisotopic (exact) mass is 236 g/mol. The van der Waals surface area contributed by atoms with Gasteiger partial charge in [0.15, 0.2) is 0 Å². The highest BCUT2D eigenvalue weighted by molar-refractivity contribution is 7.98. The fourth-order valence-electron chi connectivity index (χ4n) is 2.24. The number of thioether (sulfide) groups is 1. The molecule has 1 fully saturated rings. The van der Waals surface area contributed by atoms with Gasteiger partial charge in [0.05, 0.1) is 0 Å². The van der Waals surface area contributed by atoms with E-state index in [2.05, 4.69) is 54.6 Å². The van der Waals surface area contributed by atoms with Gasteiger partial charge in [-0.3, -0.25) is 0 Å². The first-order valence-corrected chi connectivity index (χ1v) is 6.98. The van der Waals surface area contributed by atoms with E-state index in [9.17, 15) is 0 Å². The van der Waals surface area contributed by atoms with Gasteiger partial charge in [-0.25, -0.2) is 0 Å². The van der Waals surface area contributed by atoms with E-state index in [1.807, 2.05) is 0 Å². The molecule has 16 heavy (non-hydrogen) atoms. The van der Waals surface area contributed by atoms with Crippen molar-refractivity contribution in [3.63, 3.8) is 0 Å². The SMILES string of the molecule is CSc1cccc(N2CCNCC2(C)C)c1. The largest absolute Gasteiger partial charge is 0.364 e. The second-order valence-corrected chi connectivity index (χ2v) is 5.72. The molecule has 2 rings (SSSR count). The Morgan fingerprint density at radius 1 is 1.38 bits per heavy atom. The predicted octanol–water partition coefficient (Wildman–Crippen LogP) is 2.60. The Kier molecular flexibility index (Phi) is 3.45. The lowest BCUT2D eigenvalue weighted by Gasteiger charge is -2.44. The maximum Gasteiger partial charge on any atom is 0.0470 e. The zero-order valence-electron chi connectivity index (χ0n) is 10.3. The third kappa shape index (κ3) is 2.36. The summed E-state index contributed by atoms with van der Waals surface area (Å²) in [6.45, 7) is 7.81. The Labute approximate surface area is 102 Å². The van der Waals surface area contributed by atoms with E-state index in [4.69, 9.17) is 0 Å². The molecule has 0 aliphatic carbocycles. The third-order valence-corrected chi connectivity index (χ3v) is 3.89. The van der Waals surface area contributed by atoms with Crippen molar-refractivity contribution >= 4 is 17.4 Å². The molecule has 0 radical (unpaired) electrons. The molecule has 1 aliphatic heterocycles. The van der Waals surface area contributed by atoms with Crippen molar-refractivity contribution in [2.45, 2.75) is 24.3 Å². The zero-order valence-corrected chi connectivity index (χ0v) is 11.1. The fourth-order valence-corrected chi connectivity index (χ4v) is 2.69. The van der Waals surface area contributed by atoms with Crippen LogP contribution in [0.4, 0.5) is 5.69 Å². The van der Waals surface area contributed by atoms with Gasteiger partial charge in [0.25, 0.3) is 0 Å². The van der Waals surface area contributed by atoms with E-state index in [0.29, 0.717) is 0 Å². The lowest BCUT2D eigenvalue weighted by Crippen LogP contribution is -2.58. The van der Waals surface area contributed by atoms with Gasteiger partial charge in [0.2, 0.25) is 0 Å². The Morgan fingerprint density at radius 3 is 2.88 bits per heavy atom. The molecule has 1 saturated heterocycles. The number of piperazine rings is 1. The zero-order chi connectivity index (χ0) is 11.6. The molecule has 0 bridgehead atoms. The summed E-state index contributed by atoms with van der Waals surface area (Å²) in [5, 5.41) is 3.46. The van der Waals surface area contributed by atoms with Gasteiger partial charge in [0, 0.05) is 35.8 Å². The second kappa shape index (κ2) is 4.68. The van der Waals surface area contributed by atoms with Crippen molar-refractivity contribution in [1.82, 2.24) is 5.32 Å². The second-order valence-electron chi connectivity index (χ2n) is 4.84. The summed E-state index contributed by atoms with van der Waals surface area (Å²) in [4.78, 5) is 3.84. The van der Waals surface area contributed by atoms with E-state index in [1.54, 1.807) is 11.8 Å². The van der Waals surface area contributed by atoms with Crippen molar-refractivity contribution < 1.29 is 0 Å². The molecular formula is C13H20N2S. The molecule has 2 nitrogen and oxygen atoms in total. The smallest absolute Gasteiger partial charge is 0.0470 e. The summed E-state index contributed by atoms with van der Waals surface area (Å²) < 4.78 is 0. The molecule has 3 heteroatoms. The van der Waals surface area contributed by atoms with Gasteiger partial charge in [-0.15, -0.1) is 11.8 Å². The van der Waals surface area contributed by atoms with Gasteiger partial charge in [0.1, 0.15) is 0 Å². The van der Waals surface area contributed by atoms with Crippen LogP contribution in [0.25, 0.3) is 0 Å². The highest BCUT2D eigenvalue weighted by atomic mass is 32.2. The van der Waals surface area contributed by atoms with Crippen LogP contribution in [0.5, 0.6) is 0 Å². The van der Waals surface area contributed by atoms with Crippen LogP contribution in [0.1, 0.15) is 13.8 Å². The molecule has 0 aromatic heterocycles. The van der Waals surface area contributed by atoms with E-state index >= 15 is 0 Å². The van der Waals surface area contributed by atoms with Crippen LogP contribution in [0.15, 0.2) is 29.2 Å². The predicted molar refractivity (Wildman–Crippen MR) is 72.5 cm³/mol. The van der Waals surface area contributed by atoms with Crippen molar-refractivity contribution in [3.05, 3.63) is 24.3 Å². The lowest BCUT2D eigenvalue weighted by molar-refractivity contribution is 0.380. The number of anilines is 1. The molecule has 0 unspecified atom stereocenters. The number of nitrogens with zero attached hydrogens (tertiary/aromatic N) is 1. The highest BCUT2D eigenvalue weighted by Crippen LogP contribution is 2.28. The molecule has 1 N–H and O–H groups in total. The fraction of sp³-hybridized carbons (Fsp3) is 0.538. The molecule has 0 spiro atoms. The summed E-state index contributed by atoms with van der Waals surface area (Å²) >= 11 is 1.80. The number of hydrogen-bond acceptors (Lipinski definition) is 3. The first kappa shape index (κ1) is 11.8. The first-order chi connectivity index (χ1) is 7.63. The van der Waals surface area contributed by atoms with Crippen molar-refractivity contribution in [2.75, 3.05) is 30.8 Å². The van der Waals surface area contributed by atoms with E-state index < -0.39 is 0 Å². The summed E-state index contributed by atoms with van der Waals surface area (Å²) in [5.41, 5.74) is 1.55. The normalized spacial score (nSPS) is 19.8. The number of hydrogen-bond donors (Lipinski definition) is 1. The first-order valence-electron chi connectivity index (χ1n) is 5.76. The van der Waals surface area contributed by atoms with Crippen LogP contribution in [-0.2, 0) is 0 Å². The molecule has 0 saturated carbocycles. The van der Waals surface area contributed by atoms with Crippen LogP contribution < -0.4 is 10.2 Å². The maximum atomic E-state index is 3.46. The summed E-state index contributed by atoms with van der Waals surface area (Å²) in [6.07, 6.45) is 2.13. The standard InChI is InChI=1S/C13H20N2S/c1-13(2)10-14-7-8-15(13)11-5-4-6-12(9-11)16-3/h4-6,9,14H,7-8,10H2,1-3H3. The molecule has 0 amide bonds. The molecule has 1 aromatic carbocycles. The Balaban J connectivity index is 2.27. The van der Waals surface area contributed by atoms with Crippen LogP contribution in [0, 0.1) is 0 Å². The van der Waals surface area contributed by atoms with Gasteiger partial charge in [-0.1, -0.05) is 6.07 Å². The van der Waals surface area contributed by atoms with Crippen LogP contribution in [-0.4, -0.2) is 31.4 Å². The number of rotatable bonds is 2. The summed E-state index contributed by atoms with van der Waals surface area (Å²) in [6, 6.07) is 8.83. The minimum absolute atomic E-state index is 0.204. The maximum absolute atomic E-state index is 3.46. The number of nitrogens with one attached hydrogen (secondary N) is 1. The molecular weight excluding hydrogens is 216 g/mol. The topological polar surface area (TPSA) is 15.3 Å². The van der Waals surface area contributed by atoms with Crippen LogP contribution >= 0.6 is 11.8 Å². The lowest BCUT2D eigenvalue weighted by atomic mass is 9.99. The minimum Gasteiger partial charge on any atom is -0.364 e. The van der Waals surface area contributed by atoms with E-state index in [0.717, 1.165) is 19.6 Å². The minimum atomic E-state index is 0.204. The molecule has 1 heterocycles. The summed E-state index contributed by atoms with van der Waals surface area (Å²) in [5.74, 6) is 0. The van der Waals surface area contributed by atoms with Crippen molar-refractivity contribution in [3.8, 4) is 0 Å². The molecule has 0 atom stereocenters. The van der Waals surface area contributed by atoms with Crippen molar-refractivity contribution in [1.29, 1.82) is 0 Å². The Hall–Kier alpha value is -0.670. The summed E-state index contributed by atoms with van der Waals surface area (Å²) in [7, 11) is 0. The Bertz CT molecular complexity index is 363. The van der Waals surface area contributed by atoms with Crippen molar-refractivity contribution in [2.24, 2.45) is 0 Å². The third-order valence-electron chi connectivity index (χ3n) is 3.17. The Morgan fingerprint density at radius 2 is 2.19 bits per heavy atom. The van der Waals surface area contributed by atoms with Gasteiger partial charge in [-0.2, -0.15) is 0 Å². The van der Waals surface area contributed by atoms with E-state index in [1.165, 1.54) is 10.6 Å². The van der Waals surface area contributed by atoms with Gasteiger partial charge < -0.3 is 10.2 Å². The van der Waals surface area contributed by atoms with Gasteiger partial charge >= 0.3 is 0 Å². The van der Waals surface area contributed by atoms with Gasteiger partial charge in [-0.05, 0) is 38.3 Å². The van der Waals surface area contributed by atoms with E-state index in [-0.39, 0.29) is 5.54 Å². The molecule has 88 valence electrons. The molecule has 1 aromatic rings. The van der Waals surface area contributed by atoms with Crippen LogP contribution in [0.2, 0.25) is 0 Å². The molecule has 1 aliphatic rings. The highest BCUT2D eigenvalue weighted by Gasteiger charge is 2.29.